The third-order valence-electron chi connectivity index (χ3n) is 1.92. The Morgan fingerprint density at radius 3 is 2.00 bits per heavy atom. The molecule has 0 bridgehead atoms. The molecule has 0 aliphatic rings. The van der Waals surface area contributed by atoms with Crippen LogP contribution in [0.3, 0.4) is 0 Å². The normalized spacial score (nSPS) is 12.4. The van der Waals surface area contributed by atoms with Gasteiger partial charge in [-0.05, 0) is 12.3 Å². The van der Waals surface area contributed by atoms with E-state index in [1.807, 2.05) is 13.8 Å². The topological polar surface area (TPSA) is 34.1 Å². The quantitative estimate of drug-likeness (QED) is 0.610. The van der Waals surface area contributed by atoms with Crippen LogP contribution in [-0.2, 0) is 10.2 Å². The molecular weight excluding hydrogens is 167 g/mol. The maximum absolute atomic E-state index is 12.0. The van der Waals surface area contributed by atoms with Gasteiger partial charge in [0.2, 0.25) is 0 Å². The molecule has 0 atom stereocenters. The van der Waals surface area contributed by atoms with Gasteiger partial charge in [-0.1, -0.05) is 26.7 Å². The Labute approximate surface area is 68.0 Å². The molecule has 0 aliphatic heterocycles. The van der Waals surface area contributed by atoms with Gasteiger partial charge >= 0.3 is 10.2 Å². The van der Waals surface area contributed by atoms with E-state index in [2.05, 4.69) is 0 Å². The molecule has 0 rings (SSSR count). The monoisotopic (exact) mass is 182 g/mol. The molecule has 0 fully saturated rings. The highest BCUT2D eigenvalue weighted by Crippen LogP contribution is 2.13. The summed E-state index contributed by atoms with van der Waals surface area (Å²) in [5.41, 5.74) is 0. The minimum Gasteiger partial charge on any atom is -0.195 e. The molecule has 0 N–H and O–H groups in total. The Morgan fingerprint density at radius 1 is 1.27 bits per heavy atom. The molecule has 0 aromatic rings. The second kappa shape index (κ2) is 4.70. The standard InChI is InChI=1S/C7H15FO2S/c1-3-7(4-2)5-6-11(8,9)10/h7H,3-6H2,1-2H3. The zero-order chi connectivity index (χ0) is 8.91. The number of rotatable bonds is 5. The van der Waals surface area contributed by atoms with E-state index in [9.17, 15) is 12.3 Å². The first-order valence-corrected chi connectivity index (χ1v) is 5.47. The SMILES string of the molecule is CCC(CC)CCS(=O)(=O)F. The summed E-state index contributed by atoms with van der Waals surface area (Å²) in [7, 11) is -4.24. The smallest absolute Gasteiger partial charge is 0.195 e. The van der Waals surface area contributed by atoms with E-state index in [0.29, 0.717) is 12.3 Å². The molecule has 0 heterocycles. The molecule has 0 saturated carbocycles. The van der Waals surface area contributed by atoms with Crippen LogP contribution in [0, 0.1) is 5.92 Å². The van der Waals surface area contributed by atoms with Gasteiger partial charge in [-0.2, -0.15) is 8.42 Å². The molecule has 4 heteroatoms. The summed E-state index contributed by atoms with van der Waals surface area (Å²) >= 11 is 0. The highest BCUT2D eigenvalue weighted by atomic mass is 32.3. The fraction of sp³-hybridized carbons (Fsp3) is 1.00. The van der Waals surface area contributed by atoms with Gasteiger partial charge < -0.3 is 0 Å². The Bertz CT molecular complexity index is 183. The van der Waals surface area contributed by atoms with Crippen molar-refractivity contribution in [3.8, 4) is 0 Å². The van der Waals surface area contributed by atoms with Crippen molar-refractivity contribution in [1.82, 2.24) is 0 Å². The van der Waals surface area contributed by atoms with Crippen molar-refractivity contribution in [3.63, 3.8) is 0 Å². The largest absolute Gasteiger partial charge is 0.302 e. The van der Waals surface area contributed by atoms with Gasteiger partial charge in [-0.15, -0.1) is 3.89 Å². The van der Waals surface area contributed by atoms with Crippen LogP contribution in [0.1, 0.15) is 33.1 Å². The molecule has 11 heavy (non-hydrogen) atoms. The van der Waals surface area contributed by atoms with Crippen LogP contribution in [0.25, 0.3) is 0 Å². The molecule has 68 valence electrons. The predicted octanol–water partition coefficient (Wildman–Crippen LogP) is 2.11. The average Bonchev–Trinajstić information content (AvgIpc) is 1.88. The Kier molecular flexibility index (Phi) is 4.65. The molecule has 0 radical (unpaired) electrons. The lowest BCUT2D eigenvalue weighted by molar-refractivity contribution is 0.467. The maximum Gasteiger partial charge on any atom is 0.302 e. The summed E-state index contributed by atoms with van der Waals surface area (Å²) in [6.07, 6.45) is 2.30. The first-order valence-electron chi connectivity index (χ1n) is 3.92. The first-order chi connectivity index (χ1) is 4.99. The number of hydrogen-bond donors (Lipinski definition) is 0. The van der Waals surface area contributed by atoms with Crippen LogP contribution >= 0.6 is 0 Å². The average molecular weight is 182 g/mol. The molecular formula is C7H15FO2S. The highest BCUT2D eigenvalue weighted by molar-refractivity contribution is 7.86. The zero-order valence-corrected chi connectivity index (χ0v) is 7.82. The van der Waals surface area contributed by atoms with Crippen LogP contribution in [-0.4, -0.2) is 14.2 Å². The summed E-state index contributed by atoms with van der Waals surface area (Å²) < 4.78 is 32.2. The fourth-order valence-corrected chi connectivity index (χ4v) is 1.62. The van der Waals surface area contributed by atoms with Crippen LogP contribution < -0.4 is 0 Å². The second-order valence-electron chi connectivity index (χ2n) is 2.71. The third kappa shape index (κ3) is 6.28. The molecule has 0 unspecified atom stereocenters. The lowest BCUT2D eigenvalue weighted by Crippen LogP contribution is -2.05. The van der Waals surface area contributed by atoms with Gasteiger partial charge in [0.05, 0.1) is 5.75 Å². The Morgan fingerprint density at radius 2 is 1.73 bits per heavy atom. The zero-order valence-electron chi connectivity index (χ0n) is 7.01. The van der Waals surface area contributed by atoms with Gasteiger partial charge in [0.1, 0.15) is 0 Å². The summed E-state index contributed by atoms with van der Waals surface area (Å²) in [6.45, 7) is 3.97. The van der Waals surface area contributed by atoms with Crippen molar-refractivity contribution in [3.05, 3.63) is 0 Å². The minimum atomic E-state index is -4.24. The molecule has 2 nitrogen and oxygen atoms in total. The van der Waals surface area contributed by atoms with E-state index < -0.39 is 10.2 Å². The fourth-order valence-electron chi connectivity index (χ4n) is 1.00. The molecule has 0 aliphatic carbocycles. The second-order valence-corrected chi connectivity index (χ2v) is 4.20. The minimum absolute atomic E-state index is 0.320. The van der Waals surface area contributed by atoms with E-state index in [1.165, 1.54) is 0 Å². The van der Waals surface area contributed by atoms with E-state index in [1.54, 1.807) is 0 Å². The number of halogens is 1. The van der Waals surface area contributed by atoms with Gasteiger partial charge in [-0.25, -0.2) is 0 Å². The summed E-state index contributed by atoms with van der Waals surface area (Å²) in [6, 6.07) is 0. The molecule has 0 spiro atoms. The van der Waals surface area contributed by atoms with Gasteiger partial charge in [0.15, 0.2) is 0 Å². The lowest BCUT2D eigenvalue weighted by atomic mass is 10.0. The van der Waals surface area contributed by atoms with Crippen molar-refractivity contribution in [2.45, 2.75) is 33.1 Å². The molecule has 0 aromatic heterocycles. The van der Waals surface area contributed by atoms with E-state index >= 15 is 0 Å². The first kappa shape index (κ1) is 10.9. The van der Waals surface area contributed by atoms with Crippen molar-refractivity contribution in [2.24, 2.45) is 5.92 Å². The Balaban J connectivity index is 3.69. The van der Waals surface area contributed by atoms with Gasteiger partial charge in [0.25, 0.3) is 0 Å². The van der Waals surface area contributed by atoms with Gasteiger partial charge in [-0.3, -0.25) is 0 Å². The predicted molar refractivity (Wildman–Crippen MR) is 43.6 cm³/mol. The van der Waals surface area contributed by atoms with E-state index in [-0.39, 0.29) is 5.75 Å². The molecule has 0 aromatic carbocycles. The summed E-state index contributed by atoms with van der Waals surface area (Å²) in [5, 5.41) is 0. The highest BCUT2D eigenvalue weighted by Gasteiger charge is 2.11. The maximum atomic E-state index is 12.0. The molecule has 0 amide bonds. The number of hydrogen-bond acceptors (Lipinski definition) is 2. The van der Waals surface area contributed by atoms with Crippen LogP contribution in [0.5, 0.6) is 0 Å². The van der Waals surface area contributed by atoms with Crippen molar-refractivity contribution < 1.29 is 12.3 Å². The lowest BCUT2D eigenvalue weighted by Gasteiger charge is -2.08. The van der Waals surface area contributed by atoms with Crippen LogP contribution in [0.4, 0.5) is 3.89 Å². The van der Waals surface area contributed by atoms with E-state index in [0.717, 1.165) is 12.8 Å². The Hall–Kier alpha value is -0.120. The van der Waals surface area contributed by atoms with E-state index in [4.69, 9.17) is 0 Å². The van der Waals surface area contributed by atoms with Crippen molar-refractivity contribution >= 4 is 10.2 Å². The van der Waals surface area contributed by atoms with Crippen molar-refractivity contribution in [2.75, 3.05) is 5.75 Å². The van der Waals surface area contributed by atoms with Crippen molar-refractivity contribution in [1.29, 1.82) is 0 Å². The van der Waals surface area contributed by atoms with Crippen LogP contribution in [0.15, 0.2) is 0 Å². The summed E-state index contributed by atoms with van der Waals surface area (Å²) in [5.74, 6) is 0.0276. The van der Waals surface area contributed by atoms with Crippen LogP contribution in [0.2, 0.25) is 0 Å². The third-order valence-corrected chi connectivity index (χ3v) is 2.65. The summed E-state index contributed by atoms with van der Waals surface area (Å²) in [4.78, 5) is 0. The van der Waals surface area contributed by atoms with Gasteiger partial charge in [0, 0.05) is 0 Å². The molecule has 0 saturated heterocycles.